The molecule has 4 aromatic heterocycles. The number of aryl methyl sites for hydroxylation is 1. The minimum atomic E-state index is -0.500. The Bertz CT molecular complexity index is 1240. The van der Waals surface area contributed by atoms with Gasteiger partial charge in [-0.25, -0.2) is 15.0 Å². The Morgan fingerprint density at radius 3 is 2.73 bits per heavy atom. The van der Waals surface area contributed by atoms with Crippen molar-refractivity contribution in [2.24, 2.45) is 12.8 Å². The summed E-state index contributed by atoms with van der Waals surface area (Å²) in [7, 11) is 3.65. The van der Waals surface area contributed by atoms with E-state index >= 15 is 0 Å². The molecular weight excluding hydrogens is 440 g/mol. The number of aromatic nitrogens is 4. The Balaban J connectivity index is 1.92. The van der Waals surface area contributed by atoms with Gasteiger partial charge in [0, 0.05) is 30.9 Å². The van der Waals surface area contributed by atoms with E-state index in [-0.39, 0.29) is 0 Å². The number of nitrogens with zero attached hydrogens (tertiary/aromatic N) is 4. The summed E-state index contributed by atoms with van der Waals surface area (Å²) in [5.41, 5.74) is 15.2. The highest BCUT2D eigenvalue weighted by Gasteiger charge is 2.21. The number of fused-ring (bicyclic) bond motifs is 1. The number of rotatable bonds is 7. The van der Waals surface area contributed by atoms with Gasteiger partial charge in [0.25, 0.3) is 5.91 Å². The van der Waals surface area contributed by atoms with E-state index in [9.17, 15) is 4.79 Å². The number of carbonyl (C=O) groups excluding carboxylic acids is 1. The van der Waals surface area contributed by atoms with Crippen molar-refractivity contribution in [1.82, 2.24) is 19.5 Å². The Morgan fingerprint density at radius 1 is 1.30 bits per heavy atom. The second kappa shape index (κ2) is 8.34. The predicted molar refractivity (Wildman–Crippen MR) is 123 cm³/mol. The molecule has 0 aliphatic rings. The number of methoxy groups -OCH3 is 1. The molecule has 156 valence electrons. The van der Waals surface area contributed by atoms with Crippen LogP contribution in [0.2, 0.25) is 0 Å². The predicted octanol–water partition coefficient (Wildman–Crippen LogP) is 3.55. The number of primary amides is 1. The van der Waals surface area contributed by atoms with Crippen molar-refractivity contribution in [2.45, 2.75) is 11.1 Å². The number of carbonyl (C=O) groups is 1. The fourth-order valence-corrected chi connectivity index (χ4v) is 5.99. The number of amides is 1. The first-order valence-electron chi connectivity index (χ1n) is 9.00. The molecular formula is C19H20N6O2S3. The molecule has 1 amide bonds. The number of thioether (sulfide) groups is 1. The molecule has 0 aromatic carbocycles. The third kappa shape index (κ3) is 3.69. The standard InChI is InChI=1S/C19H20N6O2S3/c1-9-22-7-12(25(9)2)10-6-11(17-23-8-13(29-17)16(21)26)24-18-14(10)15(20)19(30-18)28-5-4-27-3/h6-8H,4-5,20H2,1-3H3,(H2,21,26). The second-order valence-electron chi connectivity index (χ2n) is 6.52. The minimum absolute atomic E-state index is 0.395. The van der Waals surface area contributed by atoms with Crippen molar-refractivity contribution < 1.29 is 9.53 Å². The molecule has 0 unspecified atom stereocenters. The van der Waals surface area contributed by atoms with Gasteiger partial charge in [0.05, 0.1) is 34.6 Å². The van der Waals surface area contributed by atoms with Crippen LogP contribution < -0.4 is 11.5 Å². The van der Waals surface area contributed by atoms with Gasteiger partial charge < -0.3 is 20.8 Å². The number of anilines is 1. The van der Waals surface area contributed by atoms with Crippen molar-refractivity contribution in [3.8, 4) is 22.0 Å². The van der Waals surface area contributed by atoms with Crippen LogP contribution in [0, 0.1) is 6.92 Å². The van der Waals surface area contributed by atoms with E-state index in [1.807, 2.05) is 30.8 Å². The normalized spacial score (nSPS) is 11.4. The van der Waals surface area contributed by atoms with Gasteiger partial charge in [-0.15, -0.1) is 34.4 Å². The van der Waals surface area contributed by atoms with E-state index in [1.54, 1.807) is 30.2 Å². The Labute approximate surface area is 185 Å². The first-order valence-corrected chi connectivity index (χ1v) is 11.6. The summed E-state index contributed by atoms with van der Waals surface area (Å²) in [5, 5.41) is 1.53. The lowest BCUT2D eigenvalue weighted by atomic mass is 10.1. The lowest BCUT2D eigenvalue weighted by Gasteiger charge is -2.08. The summed E-state index contributed by atoms with van der Waals surface area (Å²) in [6, 6.07) is 1.95. The number of hydrogen-bond acceptors (Lipinski definition) is 9. The number of imidazole rings is 1. The van der Waals surface area contributed by atoms with E-state index in [2.05, 4.69) is 9.97 Å². The van der Waals surface area contributed by atoms with Gasteiger partial charge in [-0.05, 0) is 13.0 Å². The van der Waals surface area contributed by atoms with Crippen molar-refractivity contribution in [1.29, 1.82) is 0 Å². The molecule has 4 aromatic rings. The molecule has 0 saturated heterocycles. The lowest BCUT2D eigenvalue weighted by molar-refractivity contribution is 0.100. The Hall–Kier alpha value is -2.47. The number of nitrogen functional groups attached to an aromatic ring is 1. The summed E-state index contributed by atoms with van der Waals surface area (Å²) in [4.78, 5) is 26.3. The highest BCUT2D eigenvalue weighted by atomic mass is 32.2. The zero-order chi connectivity index (χ0) is 21.4. The maximum absolute atomic E-state index is 11.5. The van der Waals surface area contributed by atoms with E-state index < -0.39 is 5.91 Å². The average molecular weight is 461 g/mol. The van der Waals surface area contributed by atoms with Crippen LogP contribution in [0.5, 0.6) is 0 Å². The van der Waals surface area contributed by atoms with Gasteiger partial charge in [0.15, 0.2) is 0 Å². The molecule has 0 radical (unpaired) electrons. The van der Waals surface area contributed by atoms with Crippen LogP contribution in [0.4, 0.5) is 5.69 Å². The Morgan fingerprint density at radius 2 is 2.10 bits per heavy atom. The molecule has 30 heavy (non-hydrogen) atoms. The third-order valence-electron chi connectivity index (χ3n) is 4.65. The quantitative estimate of drug-likeness (QED) is 0.319. The Kier molecular flexibility index (Phi) is 5.78. The van der Waals surface area contributed by atoms with E-state index in [1.165, 1.54) is 17.5 Å². The smallest absolute Gasteiger partial charge is 0.260 e. The second-order valence-corrected chi connectivity index (χ2v) is 9.92. The van der Waals surface area contributed by atoms with Crippen LogP contribution in [0.3, 0.4) is 0 Å². The summed E-state index contributed by atoms with van der Waals surface area (Å²) < 4.78 is 8.18. The average Bonchev–Trinajstić information content (AvgIpc) is 3.41. The van der Waals surface area contributed by atoms with Gasteiger partial charge in [0.2, 0.25) is 0 Å². The van der Waals surface area contributed by atoms with Gasteiger partial charge in [-0.1, -0.05) is 0 Å². The van der Waals surface area contributed by atoms with Crippen LogP contribution in [0.15, 0.2) is 22.7 Å². The fraction of sp³-hybridized carbons (Fsp3) is 0.263. The zero-order valence-electron chi connectivity index (χ0n) is 16.6. The monoisotopic (exact) mass is 460 g/mol. The van der Waals surface area contributed by atoms with Crippen LogP contribution in [-0.2, 0) is 11.8 Å². The molecule has 4 N–H and O–H groups in total. The lowest BCUT2D eigenvalue weighted by Crippen LogP contribution is -2.08. The highest BCUT2D eigenvalue weighted by molar-refractivity contribution is 8.01. The SMILES string of the molecule is COCCSc1sc2nc(-c3ncc(C(N)=O)s3)cc(-c3cnc(C)n3C)c2c1N. The van der Waals surface area contributed by atoms with Crippen LogP contribution in [0.1, 0.15) is 15.5 Å². The molecule has 4 rings (SSSR count). The molecule has 0 aliphatic heterocycles. The van der Waals surface area contributed by atoms with Crippen molar-refractivity contribution >= 4 is 56.2 Å². The number of thiophene rings is 1. The molecule has 8 nitrogen and oxygen atoms in total. The summed E-state index contributed by atoms with van der Waals surface area (Å²) in [6.45, 7) is 2.59. The summed E-state index contributed by atoms with van der Waals surface area (Å²) in [6.07, 6.45) is 3.32. The topological polar surface area (TPSA) is 122 Å². The number of pyridine rings is 1. The largest absolute Gasteiger partial charge is 0.397 e. The number of ether oxygens (including phenoxy) is 1. The molecule has 11 heteroatoms. The fourth-order valence-electron chi connectivity index (χ4n) is 3.00. The van der Waals surface area contributed by atoms with Gasteiger partial charge in [-0.3, -0.25) is 4.79 Å². The summed E-state index contributed by atoms with van der Waals surface area (Å²) >= 11 is 4.42. The van der Waals surface area contributed by atoms with E-state index in [4.69, 9.17) is 21.2 Å². The van der Waals surface area contributed by atoms with Crippen molar-refractivity contribution in [3.63, 3.8) is 0 Å². The third-order valence-corrected chi connectivity index (χ3v) is 8.03. The van der Waals surface area contributed by atoms with Crippen molar-refractivity contribution in [3.05, 3.63) is 29.2 Å². The first kappa shape index (κ1) is 20.8. The van der Waals surface area contributed by atoms with Gasteiger partial charge in [0.1, 0.15) is 26.2 Å². The molecule has 0 fully saturated rings. The molecule has 0 aliphatic carbocycles. The van der Waals surface area contributed by atoms with Gasteiger partial charge >= 0.3 is 0 Å². The van der Waals surface area contributed by atoms with Crippen molar-refractivity contribution in [2.75, 3.05) is 25.2 Å². The molecule has 0 atom stereocenters. The highest BCUT2D eigenvalue weighted by Crippen LogP contribution is 2.45. The number of thiazole rings is 1. The minimum Gasteiger partial charge on any atom is -0.397 e. The van der Waals surface area contributed by atoms with E-state index in [0.29, 0.717) is 27.9 Å². The van der Waals surface area contributed by atoms with Crippen LogP contribution in [0.25, 0.3) is 32.2 Å². The first-order chi connectivity index (χ1) is 14.4. The maximum atomic E-state index is 11.5. The number of hydrogen-bond donors (Lipinski definition) is 2. The molecule has 0 spiro atoms. The van der Waals surface area contributed by atoms with Crippen LogP contribution in [-0.4, -0.2) is 44.9 Å². The maximum Gasteiger partial charge on any atom is 0.260 e. The molecule has 0 saturated carbocycles. The van der Waals surface area contributed by atoms with Gasteiger partial charge in [-0.2, -0.15) is 0 Å². The van der Waals surface area contributed by atoms with Crippen LogP contribution >= 0.6 is 34.4 Å². The molecule has 0 bridgehead atoms. The zero-order valence-corrected chi connectivity index (χ0v) is 19.1. The molecule has 4 heterocycles. The van der Waals surface area contributed by atoms with E-state index in [0.717, 1.165) is 37.3 Å². The number of nitrogens with two attached hydrogens (primary N) is 2. The summed E-state index contributed by atoms with van der Waals surface area (Å²) in [5.74, 6) is 1.19.